The zero-order valence-electron chi connectivity index (χ0n) is 15.1. The summed E-state index contributed by atoms with van der Waals surface area (Å²) in [6, 6.07) is 15.6. The van der Waals surface area contributed by atoms with E-state index in [1.165, 1.54) is 12.5 Å². The minimum Gasteiger partial charge on any atom is -0.455 e. The molecule has 0 spiro atoms. The predicted molar refractivity (Wildman–Crippen MR) is 96.4 cm³/mol. The van der Waals surface area contributed by atoms with Crippen molar-refractivity contribution in [1.29, 1.82) is 0 Å². The zero-order valence-corrected chi connectivity index (χ0v) is 15.1. The maximum atomic E-state index is 11.6. The number of hydrogen-bond acceptors (Lipinski definition) is 6. The molecule has 2 aliphatic heterocycles. The van der Waals surface area contributed by atoms with Gasteiger partial charge in [0.25, 0.3) is 6.29 Å². The highest BCUT2D eigenvalue weighted by molar-refractivity contribution is 5.66. The second-order valence-corrected chi connectivity index (χ2v) is 6.56. The summed E-state index contributed by atoms with van der Waals surface area (Å²) in [6.07, 6.45) is -0.191. The lowest BCUT2D eigenvalue weighted by atomic mass is 10.1. The number of ether oxygens (including phenoxy) is 5. The predicted octanol–water partition coefficient (Wildman–Crippen LogP) is 3.39. The summed E-state index contributed by atoms with van der Waals surface area (Å²) in [5.74, 6) is 0.872. The molecule has 2 aromatic carbocycles. The van der Waals surface area contributed by atoms with Gasteiger partial charge in [-0.05, 0) is 36.6 Å². The van der Waals surface area contributed by atoms with Crippen molar-refractivity contribution in [2.45, 2.75) is 38.4 Å². The number of carbonyl (C=O) groups excluding carboxylic acids is 1. The third-order valence-electron chi connectivity index (χ3n) is 4.53. The third kappa shape index (κ3) is 4.23. The smallest absolute Gasteiger partial charge is 0.303 e. The molecule has 2 atom stereocenters. The Balaban J connectivity index is 1.45. The van der Waals surface area contributed by atoms with Crippen LogP contribution >= 0.6 is 0 Å². The van der Waals surface area contributed by atoms with E-state index in [4.69, 9.17) is 23.7 Å². The van der Waals surface area contributed by atoms with Crippen molar-refractivity contribution in [2.75, 3.05) is 13.2 Å². The van der Waals surface area contributed by atoms with E-state index in [1.807, 2.05) is 48.5 Å². The first-order valence-electron chi connectivity index (χ1n) is 9.10. The molecule has 2 unspecified atom stereocenters. The molecule has 0 bridgehead atoms. The molecule has 2 aromatic rings. The molecule has 6 nitrogen and oxygen atoms in total. The van der Waals surface area contributed by atoms with Gasteiger partial charge >= 0.3 is 5.97 Å². The van der Waals surface area contributed by atoms with Crippen LogP contribution in [-0.2, 0) is 25.4 Å². The Labute approximate surface area is 157 Å². The topological polar surface area (TPSA) is 63.2 Å². The molecule has 2 heterocycles. The van der Waals surface area contributed by atoms with Crippen LogP contribution in [0.5, 0.6) is 11.5 Å². The monoisotopic (exact) mass is 370 g/mol. The van der Waals surface area contributed by atoms with Gasteiger partial charge < -0.3 is 23.7 Å². The number of esters is 1. The van der Waals surface area contributed by atoms with Gasteiger partial charge in [0.2, 0.25) is 0 Å². The number of rotatable bonds is 6. The fourth-order valence-electron chi connectivity index (χ4n) is 3.26. The van der Waals surface area contributed by atoms with E-state index < -0.39 is 12.4 Å². The second-order valence-electron chi connectivity index (χ2n) is 6.56. The SMILES string of the molecule is CC(=O)OC(CCc1ccccc1)C1Oc2ccc(C3OCCO3)cc2O1. The Morgan fingerprint density at radius 2 is 1.81 bits per heavy atom. The summed E-state index contributed by atoms with van der Waals surface area (Å²) >= 11 is 0. The minimum absolute atomic E-state index is 0.357. The minimum atomic E-state index is -0.673. The summed E-state index contributed by atoms with van der Waals surface area (Å²) in [5, 5.41) is 0. The number of benzene rings is 2. The Kier molecular flexibility index (Phi) is 5.27. The normalized spacial score (nSPS) is 19.8. The lowest BCUT2D eigenvalue weighted by Crippen LogP contribution is -2.37. The quantitative estimate of drug-likeness (QED) is 0.727. The molecule has 0 radical (unpaired) electrons. The highest BCUT2D eigenvalue weighted by Crippen LogP contribution is 2.39. The van der Waals surface area contributed by atoms with Gasteiger partial charge in [-0.2, -0.15) is 0 Å². The van der Waals surface area contributed by atoms with Crippen molar-refractivity contribution in [3.8, 4) is 11.5 Å². The van der Waals surface area contributed by atoms with E-state index in [1.54, 1.807) is 0 Å². The average Bonchev–Trinajstić information content (AvgIpc) is 3.34. The summed E-state index contributed by atoms with van der Waals surface area (Å²) < 4.78 is 28.4. The highest BCUT2D eigenvalue weighted by atomic mass is 16.7. The number of aryl methyl sites for hydroxylation is 1. The highest BCUT2D eigenvalue weighted by Gasteiger charge is 2.35. The van der Waals surface area contributed by atoms with Crippen LogP contribution in [0, 0.1) is 0 Å². The summed E-state index contributed by atoms with van der Waals surface area (Å²) in [5.41, 5.74) is 2.05. The molecule has 0 aliphatic carbocycles. The second kappa shape index (κ2) is 7.98. The Bertz CT molecular complexity index is 785. The molecule has 2 aliphatic rings. The van der Waals surface area contributed by atoms with Crippen molar-refractivity contribution < 1.29 is 28.5 Å². The molecule has 0 N–H and O–H groups in total. The summed E-state index contributed by atoms with van der Waals surface area (Å²) in [6.45, 7) is 2.55. The molecule has 0 saturated carbocycles. The van der Waals surface area contributed by atoms with Gasteiger partial charge in [0.15, 0.2) is 23.9 Å². The lowest BCUT2D eigenvalue weighted by molar-refractivity contribution is -0.160. The van der Waals surface area contributed by atoms with Crippen molar-refractivity contribution >= 4 is 5.97 Å². The molecule has 0 aromatic heterocycles. The first-order chi connectivity index (χ1) is 13.2. The van der Waals surface area contributed by atoms with Crippen LogP contribution in [0.25, 0.3) is 0 Å². The van der Waals surface area contributed by atoms with Gasteiger partial charge in [0, 0.05) is 12.5 Å². The zero-order chi connectivity index (χ0) is 18.6. The standard InChI is InChI=1S/C21H22O6/c1-14(22)25-18(9-7-15-5-3-2-4-6-15)21-26-17-10-8-16(13-19(17)27-21)20-23-11-12-24-20/h2-6,8,10,13,18,20-21H,7,9,11-12H2,1H3. The van der Waals surface area contributed by atoms with Gasteiger partial charge in [-0.25, -0.2) is 0 Å². The van der Waals surface area contributed by atoms with Crippen LogP contribution < -0.4 is 9.47 Å². The molecule has 27 heavy (non-hydrogen) atoms. The maximum absolute atomic E-state index is 11.6. The number of carbonyl (C=O) groups is 1. The van der Waals surface area contributed by atoms with E-state index in [0.29, 0.717) is 31.1 Å². The maximum Gasteiger partial charge on any atom is 0.303 e. The van der Waals surface area contributed by atoms with Crippen LogP contribution in [0.1, 0.15) is 30.8 Å². The van der Waals surface area contributed by atoms with Crippen LogP contribution in [0.15, 0.2) is 48.5 Å². The van der Waals surface area contributed by atoms with Crippen molar-refractivity contribution in [1.82, 2.24) is 0 Å². The van der Waals surface area contributed by atoms with Gasteiger partial charge in [0.05, 0.1) is 13.2 Å². The van der Waals surface area contributed by atoms with E-state index in [-0.39, 0.29) is 12.3 Å². The van der Waals surface area contributed by atoms with E-state index in [0.717, 1.165) is 12.0 Å². The van der Waals surface area contributed by atoms with Crippen molar-refractivity contribution in [3.63, 3.8) is 0 Å². The van der Waals surface area contributed by atoms with Gasteiger partial charge in [-0.15, -0.1) is 0 Å². The van der Waals surface area contributed by atoms with Gasteiger partial charge in [-0.3, -0.25) is 4.79 Å². The van der Waals surface area contributed by atoms with Crippen molar-refractivity contribution in [3.05, 3.63) is 59.7 Å². The van der Waals surface area contributed by atoms with E-state index in [9.17, 15) is 4.79 Å². The molecular formula is C21H22O6. The van der Waals surface area contributed by atoms with Crippen LogP contribution in [0.2, 0.25) is 0 Å². The summed E-state index contributed by atoms with van der Waals surface area (Å²) in [7, 11) is 0. The molecule has 142 valence electrons. The molecule has 0 amide bonds. The lowest BCUT2D eigenvalue weighted by Gasteiger charge is -2.22. The fraction of sp³-hybridized carbons (Fsp3) is 0.381. The molecule has 1 saturated heterocycles. The fourth-order valence-corrected chi connectivity index (χ4v) is 3.26. The van der Waals surface area contributed by atoms with E-state index in [2.05, 4.69) is 0 Å². The first kappa shape index (κ1) is 17.8. The van der Waals surface area contributed by atoms with Crippen LogP contribution in [0.4, 0.5) is 0 Å². The molecule has 4 rings (SSSR count). The van der Waals surface area contributed by atoms with Crippen LogP contribution in [0.3, 0.4) is 0 Å². The van der Waals surface area contributed by atoms with Crippen LogP contribution in [-0.4, -0.2) is 31.6 Å². The average molecular weight is 370 g/mol. The summed E-state index contributed by atoms with van der Waals surface area (Å²) in [4.78, 5) is 11.6. The molecule has 6 heteroatoms. The van der Waals surface area contributed by atoms with Gasteiger partial charge in [0.1, 0.15) is 0 Å². The number of hydrogen-bond donors (Lipinski definition) is 0. The Morgan fingerprint density at radius 3 is 2.56 bits per heavy atom. The van der Waals surface area contributed by atoms with Crippen molar-refractivity contribution in [2.24, 2.45) is 0 Å². The Morgan fingerprint density at radius 1 is 1.07 bits per heavy atom. The Hall–Kier alpha value is -2.57. The first-order valence-corrected chi connectivity index (χ1v) is 9.10. The van der Waals surface area contributed by atoms with E-state index >= 15 is 0 Å². The van der Waals surface area contributed by atoms with Gasteiger partial charge in [-0.1, -0.05) is 30.3 Å². The largest absolute Gasteiger partial charge is 0.455 e. The number of fused-ring (bicyclic) bond motifs is 1. The molecule has 1 fully saturated rings. The third-order valence-corrected chi connectivity index (χ3v) is 4.53. The molecular weight excluding hydrogens is 348 g/mol.